The molecule has 0 aliphatic carbocycles. The highest BCUT2D eigenvalue weighted by atomic mass is 15.2. The van der Waals surface area contributed by atoms with Crippen molar-refractivity contribution in [2.45, 2.75) is 0 Å². The number of hydrogen-bond acceptors (Lipinski definition) is 5. The van der Waals surface area contributed by atoms with Crippen LogP contribution in [0.15, 0.2) is 48.8 Å². The SMILES string of the molecule is Nc1ccc(Nc2cccc3ccncc23)nn1. The topological polar surface area (TPSA) is 76.7 Å². The molecule has 2 aromatic heterocycles. The zero-order valence-electron chi connectivity index (χ0n) is 9.54. The van der Waals surface area contributed by atoms with Gasteiger partial charge in [-0.1, -0.05) is 12.1 Å². The summed E-state index contributed by atoms with van der Waals surface area (Å²) in [6, 6.07) is 11.5. The van der Waals surface area contributed by atoms with Gasteiger partial charge < -0.3 is 11.1 Å². The van der Waals surface area contributed by atoms with Crippen LogP contribution < -0.4 is 11.1 Å². The molecule has 0 unspecified atom stereocenters. The van der Waals surface area contributed by atoms with Crippen LogP contribution in [0.4, 0.5) is 17.3 Å². The molecule has 0 amide bonds. The summed E-state index contributed by atoms with van der Waals surface area (Å²) in [6.45, 7) is 0. The van der Waals surface area contributed by atoms with Crippen LogP contribution in [0.3, 0.4) is 0 Å². The van der Waals surface area contributed by atoms with Crippen LogP contribution in [0.2, 0.25) is 0 Å². The second kappa shape index (κ2) is 4.29. The van der Waals surface area contributed by atoms with Crippen LogP contribution in [0.5, 0.6) is 0 Å². The zero-order valence-corrected chi connectivity index (χ0v) is 9.54. The van der Waals surface area contributed by atoms with Crippen molar-refractivity contribution in [2.24, 2.45) is 0 Å². The Kier molecular flexibility index (Phi) is 2.49. The van der Waals surface area contributed by atoms with Gasteiger partial charge in [0.05, 0.1) is 0 Å². The molecule has 5 heteroatoms. The van der Waals surface area contributed by atoms with E-state index in [0.29, 0.717) is 11.6 Å². The summed E-state index contributed by atoms with van der Waals surface area (Å²) in [5.41, 5.74) is 6.44. The Morgan fingerprint density at radius 1 is 1.00 bits per heavy atom. The first-order valence-corrected chi connectivity index (χ1v) is 5.52. The predicted molar refractivity (Wildman–Crippen MR) is 71.5 cm³/mol. The number of nitrogens with two attached hydrogens (primary N) is 1. The number of rotatable bonds is 2. The molecule has 0 fully saturated rings. The van der Waals surface area contributed by atoms with E-state index in [-0.39, 0.29) is 0 Å². The molecule has 0 saturated carbocycles. The van der Waals surface area contributed by atoms with Crippen LogP contribution in [-0.2, 0) is 0 Å². The largest absolute Gasteiger partial charge is 0.382 e. The maximum absolute atomic E-state index is 5.50. The Labute approximate surface area is 104 Å². The van der Waals surface area contributed by atoms with Crippen molar-refractivity contribution in [2.75, 3.05) is 11.1 Å². The molecule has 2 heterocycles. The Balaban J connectivity index is 2.02. The van der Waals surface area contributed by atoms with Crippen LogP contribution in [0, 0.1) is 0 Å². The van der Waals surface area contributed by atoms with Gasteiger partial charge in [0.2, 0.25) is 0 Å². The molecule has 0 saturated heterocycles. The fourth-order valence-electron chi connectivity index (χ4n) is 1.77. The van der Waals surface area contributed by atoms with E-state index < -0.39 is 0 Å². The number of aromatic nitrogens is 3. The predicted octanol–water partition coefficient (Wildman–Crippen LogP) is 2.35. The zero-order chi connectivity index (χ0) is 12.4. The summed E-state index contributed by atoms with van der Waals surface area (Å²) in [6.07, 6.45) is 3.59. The summed E-state index contributed by atoms with van der Waals surface area (Å²) >= 11 is 0. The Bertz CT molecular complexity index is 673. The van der Waals surface area contributed by atoms with Crippen molar-refractivity contribution in [3.05, 3.63) is 48.8 Å². The van der Waals surface area contributed by atoms with Crippen LogP contribution >= 0.6 is 0 Å². The molecule has 3 aromatic rings. The van der Waals surface area contributed by atoms with E-state index in [2.05, 4.69) is 20.5 Å². The summed E-state index contributed by atoms with van der Waals surface area (Å²) < 4.78 is 0. The number of benzene rings is 1. The first kappa shape index (κ1) is 10.5. The minimum absolute atomic E-state index is 0.403. The van der Waals surface area contributed by atoms with Gasteiger partial charge in [-0.25, -0.2) is 0 Å². The molecule has 0 spiro atoms. The Morgan fingerprint density at radius 3 is 2.78 bits per heavy atom. The molecule has 0 bridgehead atoms. The highest BCUT2D eigenvalue weighted by Crippen LogP contribution is 2.24. The van der Waals surface area contributed by atoms with Gasteiger partial charge in [-0.15, -0.1) is 10.2 Å². The van der Waals surface area contributed by atoms with Gasteiger partial charge in [0.15, 0.2) is 5.82 Å². The number of anilines is 3. The van der Waals surface area contributed by atoms with Gasteiger partial charge in [0, 0.05) is 23.5 Å². The van der Waals surface area contributed by atoms with Gasteiger partial charge in [-0.2, -0.15) is 0 Å². The van der Waals surface area contributed by atoms with Crippen molar-refractivity contribution in [3.63, 3.8) is 0 Å². The molecule has 0 atom stereocenters. The quantitative estimate of drug-likeness (QED) is 0.715. The van der Waals surface area contributed by atoms with E-state index in [0.717, 1.165) is 16.5 Å². The second-order valence-electron chi connectivity index (χ2n) is 3.87. The minimum atomic E-state index is 0.403. The number of nitrogen functional groups attached to an aromatic ring is 1. The van der Waals surface area contributed by atoms with E-state index in [1.165, 1.54) is 0 Å². The van der Waals surface area contributed by atoms with Crippen LogP contribution in [-0.4, -0.2) is 15.2 Å². The summed E-state index contributed by atoms with van der Waals surface area (Å²) in [5, 5.41) is 13.1. The summed E-state index contributed by atoms with van der Waals surface area (Å²) in [4.78, 5) is 4.13. The van der Waals surface area contributed by atoms with E-state index in [1.54, 1.807) is 18.3 Å². The molecular formula is C13H11N5. The monoisotopic (exact) mass is 237 g/mol. The van der Waals surface area contributed by atoms with Gasteiger partial charge in [0.25, 0.3) is 0 Å². The molecule has 0 aliphatic rings. The number of nitrogens with zero attached hydrogens (tertiary/aromatic N) is 3. The second-order valence-corrected chi connectivity index (χ2v) is 3.87. The maximum Gasteiger partial charge on any atom is 0.153 e. The van der Waals surface area contributed by atoms with Crippen molar-refractivity contribution in [1.82, 2.24) is 15.2 Å². The van der Waals surface area contributed by atoms with Gasteiger partial charge >= 0.3 is 0 Å². The summed E-state index contributed by atoms with van der Waals surface area (Å²) in [7, 11) is 0. The fourth-order valence-corrected chi connectivity index (χ4v) is 1.77. The standard InChI is InChI=1S/C13H11N5/c14-12-4-5-13(18-17-12)16-11-3-1-2-9-6-7-15-8-10(9)11/h1-8H,(H2,14,17)(H,16,18). The van der Waals surface area contributed by atoms with Crippen molar-refractivity contribution in [3.8, 4) is 0 Å². The third kappa shape index (κ3) is 1.93. The molecule has 3 rings (SSSR count). The van der Waals surface area contributed by atoms with Gasteiger partial charge in [-0.3, -0.25) is 4.98 Å². The molecule has 88 valence electrons. The molecule has 0 radical (unpaired) electrons. The van der Waals surface area contributed by atoms with Gasteiger partial charge in [-0.05, 0) is 29.7 Å². The molecule has 18 heavy (non-hydrogen) atoms. The summed E-state index contributed by atoms with van der Waals surface area (Å²) in [5.74, 6) is 1.06. The molecule has 1 aromatic carbocycles. The minimum Gasteiger partial charge on any atom is -0.382 e. The number of pyridine rings is 1. The smallest absolute Gasteiger partial charge is 0.153 e. The highest BCUT2D eigenvalue weighted by molar-refractivity contribution is 5.94. The number of hydrogen-bond donors (Lipinski definition) is 2. The average molecular weight is 237 g/mol. The van der Waals surface area contributed by atoms with E-state index in [9.17, 15) is 0 Å². The first-order chi connectivity index (χ1) is 8.83. The van der Waals surface area contributed by atoms with Gasteiger partial charge in [0.1, 0.15) is 5.82 Å². The fraction of sp³-hybridized carbons (Fsp3) is 0. The highest BCUT2D eigenvalue weighted by Gasteiger charge is 2.02. The van der Waals surface area contributed by atoms with E-state index >= 15 is 0 Å². The first-order valence-electron chi connectivity index (χ1n) is 5.52. The van der Waals surface area contributed by atoms with Crippen LogP contribution in [0.25, 0.3) is 10.8 Å². The molecule has 5 nitrogen and oxygen atoms in total. The molecule has 3 N–H and O–H groups in total. The Morgan fingerprint density at radius 2 is 1.94 bits per heavy atom. The molecular weight excluding hydrogens is 226 g/mol. The van der Waals surface area contributed by atoms with Crippen molar-refractivity contribution < 1.29 is 0 Å². The third-order valence-corrected chi connectivity index (χ3v) is 2.63. The van der Waals surface area contributed by atoms with Crippen LogP contribution in [0.1, 0.15) is 0 Å². The lowest BCUT2D eigenvalue weighted by molar-refractivity contribution is 1.05. The lowest BCUT2D eigenvalue weighted by Gasteiger charge is -2.08. The van der Waals surface area contributed by atoms with Crippen molar-refractivity contribution >= 4 is 28.1 Å². The average Bonchev–Trinajstić information content (AvgIpc) is 2.42. The molecule has 0 aliphatic heterocycles. The lowest BCUT2D eigenvalue weighted by atomic mass is 10.1. The maximum atomic E-state index is 5.50. The van der Waals surface area contributed by atoms with E-state index in [1.807, 2.05) is 30.5 Å². The Hall–Kier alpha value is -2.69. The lowest BCUT2D eigenvalue weighted by Crippen LogP contribution is -1.98. The number of nitrogens with one attached hydrogen (secondary N) is 1. The third-order valence-electron chi connectivity index (χ3n) is 2.63. The van der Waals surface area contributed by atoms with Crippen molar-refractivity contribution in [1.29, 1.82) is 0 Å². The van der Waals surface area contributed by atoms with E-state index in [4.69, 9.17) is 5.73 Å². The number of fused-ring (bicyclic) bond motifs is 1. The normalized spacial score (nSPS) is 10.4.